The molecule has 1 N–H and O–H groups in total. The fourth-order valence-electron chi connectivity index (χ4n) is 1.94. The normalized spacial score (nSPS) is 10.7. The van der Waals surface area contributed by atoms with Crippen molar-refractivity contribution >= 4 is 33.3 Å². The van der Waals surface area contributed by atoms with Crippen LogP contribution in [-0.4, -0.2) is 20.4 Å². The Morgan fingerprint density at radius 1 is 1.38 bits per heavy atom. The number of carbonyl (C=O) groups excluding carboxylic acids is 1. The van der Waals surface area contributed by atoms with Crippen LogP contribution in [0.5, 0.6) is 0 Å². The van der Waals surface area contributed by atoms with Crippen LogP contribution in [0, 0.1) is 6.92 Å². The second-order valence-corrected chi connectivity index (χ2v) is 5.40. The van der Waals surface area contributed by atoms with Crippen LogP contribution in [0.1, 0.15) is 5.69 Å². The zero-order chi connectivity index (χ0) is 14.8. The van der Waals surface area contributed by atoms with Gasteiger partial charge in [0.05, 0.1) is 22.9 Å². The number of fused-ring (bicyclic) bond motifs is 1. The van der Waals surface area contributed by atoms with Crippen LogP contribution in [-0.2, 0) is 11.3 Å². The van der Waals surface area contributed by atoms with Crippen LogP contribution in [0.2, 0.25) is 0 Å². The van der Waals surface area contributed by atoms with Crippen LogP contribution < -0.4 is 10.9 Å². The highest BCUT2D eigenvalue weighted by Crippen LogP contribution is 2.14. The highest BCUT2D eigenvalue weighted by Gasteiger charge is 2.09. The number of para-hydroxylation sites is 1. The molecule has 21 heavy (non-hydrogen) atoms. The first-order valence-corrected chi connectivity index (χ1v) is 7.17. The summed E-state index contributed by atoms with van der Waals surface area (Å²) in [5, 5.41) is 5.54. The van der Waals surface area contributed by atoms with Crippen molar-refractivity contribution in [1.82, 2.24) is 14.5 Å². The average Bonchev–Trinajstić information content (AvgIpc) is 2.87. The average molecular weight is 300 g/mol. The monoisotopic (exact) mass is 300 g/mol. The molecular formula is C14H12N4O2S. The van der Waals surface area contributed by atoms with E-state index in [1.54, 1.807) is 18.2 Å². The molecule has 6 nitrogen and oxygen atoms in total. The first kappa shape index (κ1) is 13.4. The second-order valence-electron chi connectivity index (χ2n) is 4.54. The van der Waals surface area contributed by atoms with Gasteiger partial charge in [0.25, 0.3) is 5.56 Å². The molecule has 0 fully saturated rings. The minimum atomic E-state index is -0.302. The zero-order valence-electron chi connectivity index (χ0n) is 11.2. The van der Waals surface area contributed by atoms with E-state index in [9.17, 15) is 9.59 Å². The number of thiazole rings is 1. The predicted molar refractivity (Wildman–Crippen MR) is 81.5 cm³/mol. The fraction of sp³-hybridized carbons (Fsp3) is 0.143. The Balaban J connectivity index is 1.83. The maximum absolute atomic E-state index is 12.3. The number of nitrogens with zero attached hydrogens (tertiary/aromatic N) is 3. The number of amides is 1. The molecule has 0 aliphatic carbocycles. The minimum Gasteiger partial charge on any atom is -0.300 e. The number of hydrogen-bond acceptors (Lipinski definition) is 5. The summed E-state index contributed by atoms with van der Waals surface area (Å²) >= 11 is 1.35. The third-order valence-corrected chi connectivity index (χ3v) is 3.79. The van der Waals surface area contributed by atoms with E-state index >= 15 is 0 Å². The summed E-state index contributed by atoms with van der Waals surface area (Å²) in [7, 11) is 0. The number of rotatable bonds is 3. The highest BCUT2D eigenvalue weighted by molar-refractivity contribution is 7.13. The van der Waals surface area contributed by atoms with Gasteiger partial charge in [0, 0.05) is 5.38 Å². The van der Waals surface area contributed by atoms with E-state index in [0.29, 0.717) is 16.0 Å². The van der Waals surface area contributed by atoms with Gasteiger partial charge in [0.15, 0.2) is 5.13 Å². The molecule has 1 aromatic carbocycles. The lowest BCUT2D eigenvalue weighted by atomic mass is 10.2. The Morgan fingerprint density at radius 2 is 2.19 bits per heavy atom. The van der Waals surface area contributed by atoms with Crippen molar-refractivity contribution in [2.24, 2.45) is 0 Å². The quantitative estimate of drug-likeness (QED) is 0.800. The lowest BCUT2D eigenvalue weighted by Crippen LogP contribution is -2.27. The van der Waals surface area contributed by atoms with Gasteiger partial charge in [-0.05, 0) is 19.1 Å². The maximum atomic E-state index is 12.3. The van der Waals surface area contributed by atoms with Crippen LogP contribution >= 0.6 is 11.3 Å². The van der Waals surface area contributed by atoms with Gasteiger partial charge in [0.1, 0.15) is 6.54 Å². The number of anilines is 1. The van der Waals surface area contributed by atoms with E-state index in [1.165, 1.54) is 22.2 Å². The molecule has 0 saturated heterocycles. The number of hydrogen-bond donors (Lipinski definition) is 1. The molecular weight excluding hydrogens is 288 g/mol. The first-order valence-electron chi connectivity index (χ1n) is 6.29. The molecule has 7 heteroatoms. The van der Waals surface area contributed by atoms with Crippen LogP contribution in [0.15, 0.2) is 40.8 Å². The third-order valence-electron chi connectivity index (χ3n) is 2.91. The second kappa shape index (κ2) is 5.45. The van der Waals surface area contributed by atoms with Gasteiger partial charge in [-0.15, -0.1) is 11.3 Å². The molecule has 0 atom stereocenters. The maximum Gasteiger partial charge on any atom is 0.261 e. The molecule has 0 aliphatic rings. The molecule has 3 rings (SSSR count). The van der Waals surface area contributed by atoms with Gasteiger partial charge < -0.3 is 5.32 Å². The zero-order valence-corrected chi connectivity index (χ0v) is 12.1. The summed E-state index contributed by atoms with van der Waals surface area (Å²) < 4.78 is 1.29. The van der Waals surface area contributed by atoms with Crippen molar-refractivity contribution in [3.05, 3.63) is 52.0 Å². The summed E-state index contributed by atoms with van der Waals surface area (Å²) in [4.78, 5) is 32.5. The molecule has 2 heterocycles. The highest BCUT2D eigenvalue weighted by atomic mass is 32.1. The number of benzene rings is 1. The number of nitrogens with one attached hydrogen (secondary N) is 1. The molecule has 1 amide bonds. The predicted octanol–water partition coefficient (Wildman–Crippen LogP) is 1.80. The third kappa shape index (κ3) is 2.82. The molecule has 106 valence electrons. The largest absolute Gasteiger partial charge is 0.300 e. The van der Waals surface area contributed by atoms with Gasteiger partial charge in [-0.25, -0.2) is 9.97 Å². The van der Waals surface area contributed by atoms with Gasteiger partial charge in [-0.2, -0.15) is 0 Å². The molecule has 2 aromatic heterocycles. The topological polar surface area (TPSA) is 76.9 Å². The summed E-state index contributed by atoms with van der Waals surface area (Å²) in [5.74, 6) is -0.302. The minimum absolute atomic E-state index is 0.0880. The van der Waals surface area contributed by atoms with Crippen molar-refractivity contribution in [3.8, 4) is 0 Å². The molecule has 0 bridgehead atoms. The Morgan fingerprint density at radius 3 is 2.95 bits per heavy atom. The summed E-state index contributed by atoms with van der Waals surface area (Å²) in [6, 6.07) is 7.05. The number of aryl methyl sites for hydroxylation is 1. The van der Waals surface area contributed by atoms with E-state index in [4.69, 9.17) is 0 Å². The Labute approximate surface area is 124 Å². The van der Waals surface area contributed by atoms with E-state index in [-0.39, 0.29) is 18.0 Å². The van der Waals surface area contributed by atoms with Gasteiger partial charge in [-0.1, -0.05) is 12.1 Å². The van der Waals surface area contributed by atoms with Crippen LogP contribution in [0.25, 0.3) is 10.9 Å². The number of aromatic nitrogens is 3. The van der Waals surface area contributed by atoms with E-state index in [1.807, 2.05) is 18.4 Å². The fourth-order valence-corrected chi connectivity index (χ4v) is 2.65. The van der Waals surface area contributed by atoms with Crippen molar-refractivity contribution < 1.29 is 4.79 Å². The molecule has 0 saturated carbocycles. The summed E-state index contributed by atoms with van der Waals surface area (Å²) in [5.41, 5.74) is 1.24. The Kier molecular flexibility index (Phi) is 3.49. The molecule has 0 spiro atoms. The SMILES string of the molecule is Cc1csc(NC(=O)Cn2cnc3ccccc3c2=O)n1. The molecule has 0 radical (unpaired) electrons. The van der Waals surface area contributed by atoms with E-state index < -0.39 is 0 Å². The first-order chi connectivity index (χ1) is 10.1. The van der Waals surface area contributed by atoms with Crippen molar-refractivity contribution in [2.75, 3.05) is 5.32 Å². The Bertz CT molecular complexity index is 869. The van der Waals surface area contributed by atoms with E-state index in [0.717, 1.165) is 5.69 Å². The van der Waals surface area contributed by atoms with Gasteiger partial charge in [-0.3, -0.25) is 14.2 Å². The van der Waals surface area contributed by atoms with Crippen molar-refractivity contribution in [3.63, 3.8) is 0 Å². The van der Waals surface area contributed by atoms with Crippen molar-refractivity contribution in [1.29, 1.82) is 0 Å². The van der Waals surface area contributed by atoms with Gasteiger partial charge in [0.2, 0.25) is 5.91 Å². The summed E-state index contributed by atoms with van der Waals surface area (Å²) in [6.45, 7) is 1.76. The smallest absolute Gasteiger partial charge is 0.261 e. The molecule has 3 aromatic rings. The standard InChI is InChI=1S/C14H12N4O2S/c1-9-7-21-14(16-9)17-12(19)6-18-8-15-11-5-3-2-4-10(11)13(18)20/h2-5,7-8H,6H2,1H3,(H,16,17,19). The summed E-state index contributed by atoms with van der Waals surface area (Å²) in [6.07, 6.45) is 1.39. The molecule has 0 unspecified atom stereocenters. The number of carbonyl (C=O) groups is 1. The van der Waals surface area contributed by atoms with E-state index in [2.05, 4.69) is 15.3 Å². The van der Waals surface area contributed by atoms with Crippen LogP contribution in [0.4, 0.5) is 5.13 Å². The van der Waals surface area contributed by atoms with Crippen LogP contribution in [0.3, 0.4) is 0 Å². The lowest BCUT2D eigenvalue weighted by Gasteiger charge is -2.06. The van der Waals surface area contributed by atoms with Gasteiger partial charge >= 0.3 is 0 Å². The Hall–Kier alpha value is -2.54. The lowest BCUT2D eigenvalue weighted by molar-refractivity contribution is -0.116. The molecule has 0 aliphatic heterocycles. The van der Waals surface area contributed by atoms with Crippen molar-refractivity contribution in [2.45, 2.75) is 13.5 Å².